The van der Waals surface area contributed by atoms with Crippen molar-refractivity contribution in [2.45, 2.75) is 0 Å². The topological polar surface area (TPSA) is 45.5 Å². The molecule has 2 amide bonds. The van der Waals surface area contributed by atoms with E-state index in [2.05, 4.69) is 21.2 Å². The smallest absolute Gasteiger partial charge is 0.328 e. The molecule has 0 spiro atoms. The number of carbonyl (C=O) groups excluding carboxylic acids is 1. The van der Waals surface area contributed by atoms with Gasteiger partial charge >= 0.3 is 6.03 Å². The lowest BCUT2D eigenvalue weighted by Gasteiger charge is -2.16. The second kappa shape index (κ2) is 5.05. The molecule has 5 heteroatoms. The molecule has 1 aromatic heterocycles. The standard InChI is InChI=1S/C12H11BrN2O2/c1-15(9-5-3-2-4-6-9)12(16)14-11-8-7-10(13)17-11/h2-8H,1H3,(H,14,16). The minimum absolute atomic E-state index is 0.252. The summed E-state index contributed by atoms with van der Waals surface area (Å²) in [6.07, 6.45) is 0. The van der Waals surface area contributed by atoms with E-state index in [1.165, 1.54) is 4.90 Å². The highest BCUT2D eigenvalue weighted by molar-refractivity contribution is 9.10. The van der Waals surface area contributed by atoms with Crippen molar-refractivity contribution in [3.63, 3.8) is 0 Å². The predicted molar refractivity (Wildman–Crippen MR) is 70.3 cm³/mol. The number of rotatable bonds is 2. The maximum atomic E-state index is 11.9. The molecule has 2 rings (SSSR count). The second-order valence-corrected chi connectivity index (χ2v) is 4.21. The Morgan fingerprint density at radius 1 is 1.24 bits per heavy atom. The minimum Gasteiger partial charge on any atom is -0.434 e. The van der Waals surface area contributed by atoms with Gasteiger partial charge in [0, 0.05) is 18.8 Å². The number of para-hydroxylation sites is 1. The maximum absolute atomic E-state index is 11.9. The van der Waals surface area contributed by atoms with Gasteiger partial charge in [-0.15, -0.1) is 0 Å². The maximum Gasteiger partial charge on any atom is 0.328 e. The Hall–Kier alpha value is -1.75. The van der Waals surface area contributed by atoms with Crippen LogP contribution in [0.5, 0.6) is 0 Å². The van der Waals surface area contributed by atoms with E-state index in [9.17, 15) is 4.79 Å². The first kappa shape index (κ1) is 11.7. The molecule has 0 aliphatic carbocycles. The number of carbonyl (C=O) groups is 1. The van der Waals surface area contributed by atoms with Crippen LogP contribution in [0, 0.1) is 0 Å². The first-order valence-electron chi connectivity index (χ1n) is 5.02. The second-order valence-electron chi connectivity index (χ2n) is 3.43. The molecule has 0 bridgehead atoms. The lowest BCUT2D eigenvalue weighted by atomic mass is 10.3. The Balaban J connectivity index is 2.06. The molecule has 0 saturated carbocycles. The molecular formula is C12H11BrN2O2. The van der Waals surface area contributed by atoms with Crippen LogP contribution in [-0.4, -0.2) is 13.1 Å². The highest BCUT2D eigenvalue weighted by atomic mass is 79.9. The third-order valence-corrected chi connectivity index (χ3v) is 2.68. The molecule has 0 radical (unpaired) electrons. The molecular weight excluding hydrogens is 284 g/mol. The van der Waals surface area contributed by atoms with E-state index < -0.39 is 0 Å². The average molecular weight is 295 g/mol. The first-order chi connectivity index (χ1) is 8.16. The predicted octanol–water partition coefficient (Wildman–Crippen LogP) is 3.71. The minimum atomic E-state index is -0.252. The van der Waals surface area contributed by atoms with Gasteiger partial charge in [0.05, 0.1) is 0 Å². The number of urea groups is 1. The highest BCUT2D eigenvalue weighted by Gasteiger charge is 2.11. The monoisotopic (exact) mass is 294 g/mol. The fourth-order valence-electron chi connectivity index (χ4n) is 1.34. The van der Waals surface area contributed by atoms with Crippen LogP contribution in [-0.2, 0) is 0 Å². The number of hydrogen-bond donors (Lipinski definition) is 1. The summed E-state index contributed by atoms with van der Waals surface area (Å²) in [7, 11) is 1.70. The van der Waals surface area contributed by atoms with E-state index in [-0.39, 0.29) is 6.03 Å². The summed E-state index contributed by atoms with van der Waals surface area (Å²) < 4.78 is 5.78. The van der Waals surface area contributed by atoms with Crippen molar-refractivity contribution in [3.05, 3.63) is 47.1 Å². The quantitative estimate of drug-likeness (QED) is 0.918. The molecule has 0 saturated heterocycles. The molecule has 17 heavy (non-hydrogen) atoms. The van der Waals surface area contributed by atoms with Gasteiger partial charge in [-0.1, -0.05) is 18.2 Å². The fourth-order valence-corrected chi connectivity index (χ4v) is 1.65. The zero-order valence-electron chi connectivity index (χ0n) is 9.18. The van der Waals surface area contributed by atoms with Crippen molar-refractivity contribution >= 4 is 33.5 Å². The average Bonchev–Trinajstić information content (AvgIpc) is 2.75. The molecule has 0 aliphatic heterocycles. The van der Waals surface area contributed by atoms with Gasteiger partial charge in [-0.2, -0.15) is 0 Å². The van der Waals surface area contributed by atoms with Crippen LogP contribution in [0.15, 0.2) is 51.6 Å². The molecule has 1 heterocycles. The molecule has 4 nitrogen and oxygen atoms in total. The van der Waals surface area contributed by atoms with Crippen molar-refractivity contribution in [3.8, 4) is 0 Å². The van der Waals surface area contributed by atoms with E-state index in [0.29, 0.717) is 10.6 Å². The van der Waals surface area contributed by atoms with Gasteiger partial charge in [-0.3, -0.25) is 10.2 Å². The molecule has 88 valence electrons. The summed E-state index contributed by atoms with van der Waals surface area (Å²) in [5.41, 5.74) is 0.815. The van der Waals surface area contributed by atoms with Crippen LogP contribution in [0.4, 0.5) is 16.4 Å². The summed E-state index contributed by atoms with van der Waals surface area (Å²) in [4.78, 5) is 13.4. The number of amides is 2. The third-order valence-electron chi connectivity index (χ3n) is 2.25. The van der Waals surface area contributed by atoms with E-state index in [1.807, 2.05) is 30.3 Å². The molecule has 1 aromatic carbocycles. The molecule has 1 N–H and O–H groups in total. The molecule has 0 fully saturated rings. The van der Waals surface area contributed by atoms with Crippen LogP contribution in [0.1, 0.15) is 0 Å². The van der Waals surface area contributed by atoms with Crippen molar-refractivity contribution in [2.75, 3.05) is 17.3 Å². The molecule has 0 aliphatic rings. The van der Waals surface area contributed by atoms with Crippen LogP contribution < -0.4 is 10.2 Å². The fraction of sp³-hybridized carbons (Fsp3) is 0.0833. The Labute approximate surface area is 107 Å². The Morgan fingerprint density at radius 3 is 2.53 bits per heavy atom. The summed E-state index contributed by atoms with van der Waals surface area (Å²) in [5, 5.41) is 2.65. The van der Waals surface area contributed by atoms with Crippen LogP contribution in [0.25, 0.3) is 0 Å². The first-order valence-corrected chi connectivity index (χ1v) is 5.81. The van der Waals surface area contributed by atoms with Crippen molar-refractivity contribution in [2.24, 2.45) is 0 Å². The number of nitrogens with one attached hydrogen (secondary N) is 1. The third kappa shape index (κ3) is 2.88. The van der Waals surface area contributed by atoms with Gasteiger partial charge in [0.15, 0.2) is 4.67 Å². The van der Waals surface area contributed by atoms with Crippen molar-refractivity contribution in [1.82, 2.24) is 0 Å². The lowest BCUT2D eigenvalue weighted by Crippen LogP contribution is -2.30. The number of benzene rings is 1. The highest BCUT2D eigenvalue weighted by Crippen LogP contribution is 2.19. The van der Waals surface area contributed by atoms with Gasteiger partial charge in [0.1, 0.15) is 0 Å². The number of nitrogens with zero attached hydrogens (tertiary/aromatic N) is 1. The Bertz CT molecular complexity index is 510. The molecule has 0 unspecified atom stereocenters. The Morgan fingerprint density at radius 2 is 1.94 bits per heavy atom. The van der Waals surface area contributed by atoms with E-state index >= 15 is 0 Å². The SMILES string of the molecule is CN(C(=O)Nc1ccc(Br)o1)c1ccccc1. The van der Waals surface area contributed by atoms with Gasteiger partial charge in [0.25, 0.3) is 0 Å². The van der Waals surface area contributed by atoms with Gasteiger partial charge in [-0.25, -0.2) is 4.79 Å². The zero-order chi connectivity index (χ0) is 12.3. The van der Waals surface area contributed by atoms with Crippen LogP contribution in [0.2, 0.25) is 0 Å². The lowest BCUT2D eigenvalue weighted by molar-refractivity contribution is 0.257. The summed E-state index contributed by atoms with van der Waals surface area (Å²) >= 11 is 3.17. The van der Waals surface area contributed by atoms with Gasteiger partial charge < -0.3 is 4.42 Å². The van der Waals surface area contributed by atoms with E-state index in [4.69, 9.17) is 4.42 Å². The molecule has 0 atom stereocenters. The summed E-state index contributed by atoms with van der Waals surface area (Å²) in [6.45, 7) is 0. The van der Waals surface area contributed by atoms with Gasteiger partial charge in [-0.05, 0) is 34.1 Å². The van der Waals surface area contributed by atoms with Crippen molar-refractivity contribution < 1.29 is 9.21 Å². The van der Waals surface area contributed by atoms with Gasteiger partial charge in [0.2, 0.25) is 5.88 Å². The zero-order valence-corrected chi connectivity index (χ0v) is 10.8. The summed E-state index contributed by atoms with van der Waals surface area (Å²) in [6, 6.07) is 12.5. The van der Waals surface area contributed by atoms with Crippen LogP contribution in [0.3, 0.4) is 0 Å². The van der Waals surface area contributed by atoms with Crippen LogP contribution >= 0.6 is 15.9 Å². The number of hydrogen-bond acceptors (Lipinski definition) is 2. The molecule has 2 aromatic rings. The Kier molecular flexibility index (Phi) is 3.49. The number of halogens is 1. The van der Waals surface area contributed by atoms with E-state index in [0.717, 1.165) is 5.69 Å². The van der Waals surface area contributed by atoms with E-state index in [1.54, 1.807) is 19.2 Å². The van der Waals surface area contributed by atoms with Crippen molar-refractivity contribution in [1.29, 1.82) is 0 Å². The largest absolute Gasteiger partial charge is 0.434 e. The number of anilines is 2. The normalized spacial score (nSPS) is 10.0. The summed E-state index contributed by atoms with van der Waals surface area (Å²) in [5.74, 6) is 0.407. The number of furan rings is 1.